The SMILES string of the molecule is COc1cc(N)c(C(=O)OCCc2ccsc2)cc1OC. The Hall–Kier alpha value is -2.21. The fraction of sp³-hybridized carbons (Fsp3) is 0.267. The highest BCUT2D eigenvalue weighted by Gasteiger charge is 2.16. The van der Waals surface area contributed by atoms with Gasteiger partial charge in [0.2, 0.25) is 0 Å². The van der Waals surface area contributed by atoms with Gasteiger partial charge >= 0.3 is 5.97 Å². The number of carbonyl (C=O) groups excluding carboxylic acids is 1. The number of anilines is 1. The van der Waals surface area contributed by atoms with E-state index in [0.29, 0.717) is 30.2 Å². The minimum Gasteiger partial charge on any atom is -0.493 e. The van der Waals surface area contributed by atoms with E-state index >= 15 is 0 Å². The second-order valence-electron chi connectivity index (χ2n) is 4.31. The highest BCUT2D eigenvalue weighted by Crippen LogP contribution is 2.32. The van der Waals surface area contributed by atoms with Crippen LogP contribution in [0.5, 0.6) is 11.5 Å². The Morgan fingerprint density at radius 2 is 1.95 bits per heavy atom. The summed E-state index contributed by atoms with van der Waals surface area (Å²) in [7, 11) is 3.01. The second kappa shape index (κ2) is 6.99. The van der Waals surface area contributed by atoms with Crippen molar-refractivity contribution in [3.63, 3.8) is 0 Å². The summed E-state index contributed by atoms with van der Waals surface area (Å²) in [6, 6.07) is 5.08. The standard InChI is InChI=1S/C15H17NO4S/c1-18-13-7-11(12(16)8-14(13)19-2)15(17)20-5-3-10-4-6-21-9-10/h4,6-9H,3,5,16H2,1-2H3. The van der Waals surface area contributed by atoms with Gasteiger partial charge < -0.3 is 19.9 Å². The first-order valence-corrected chi connectivity index (χ1v) is 7.29. The lowest BCUT2D eigenvalue weighted by Gasteiger charge is -2.12. The van der Waals surface area contributed by atoms with Crippen LogP contribution in [0.25, 0.3) is 0 Å². The number of ether oxygens (including phenoxy) is 3. The van der Waals surface area contributed by atoms with Gasteiger partial charge in [0, 0.05) is 18.6 Å². The third-order valence-corrected chi connectivity index (χ3v) is 3.71. The van der Waals surface area contributed by atoms with Crippen molar-refractivity contribution in [3.05, 3.63) is 40.1 Å². The first kappa shape index (κ1) is 15.2. The molecular formula is C15H17NO4S. The van der Waals surface area contributed by atoms with Crippen molar-refractivity contribution in [1.29, 1.82) is 0 Å². The smallest absolute Gasteiger partial charge is 0.340 e. The molecule has 0 aliphatic carbocycles. The van der Waals surface area contributed by atoms with E-state index in [1.54, 1.807) is 17.4 Å². The molecule has 0 amide bonds. The predicted octanol–water partition coefficient (Wildman–Crippen LogP) is 2.75. The number of thiophene rings is 1. The van der Waals surface area contributed by atoms with Gasteiger partial charge in [0.15, 0.2) is 11.5 Å². The number of esters is 1. The third-order valence-electron chi connectivity index (χ3n) is 2.98. The van der Waals surface area contributed by atoms with Gasteiger partial charge in [0.05, 0.1) is 32.1 Å². The predicted molar refractivity (Wildman–Crippen MR) is 82.3 cm³/mol. The summed E-state index contributed by atoms with van der Waals surface area (Å²) in [5, 5.41) is 4.02. The molecule has 21 heavy (non-hydrogen) atoms. The number of nitrogens with two attached hydrogens (primary N) is 1. The molecule has 0 fully saturated rings. The molecule has 2 rings (SSSR count). The Balaban J connectivity index is 2.04. The molecule has 0 atom stereocenters. The van der Waals surface area contributed by atoms with Crippen molar-refractivity contribution < 1.29 is 19.0 Å². The van der Waals surface area contributed by atoms with Crippen LogP contribution in [0.4, 0.5) is 5.69 Å². The maximum absolute atomic E-state index is 12.1. The lowest BCUT2D eigenvalue weighted by atomic mass is 10.1. The number of rotatable bonds is 6. The molecule has 0 unspecified atom stereocenters. The molecule has 0 aliphatic rings. The van der Waals surface area contributed by atoms with Gasteiger partial charge in [0.25, 0.3) is 0 Å². The molecule has 2 aromatic rings. The van der Waals surface area contributed by atoms with E-state index in [1.165, 1.54) is 20.3 Å². The van der Waals surface area contributed by atoms with Crippen LogP contribution >= 0.6 is 11.3 Å². The molecule has 2 N–H and O–H groups in total. The van der Waals surface area contributed by atoms with Crippen molar-refractivity contribution in [1.82, 2.24) is 0 Å². The summed E-state index contributed by atoms with van der Waals surface area (Å²) in [5.74, 6) is 0.449. The average Bonchev–Trinajstić information content (AvgIpc) is 3.00. The number of methoxy groups -OCH3 is 2. The molecule has 0 saturated heterocycles. The average molecular weight is 307 g/mol. The molecule has 1 aromatic heterocycles. The number of benzene rings is 1. The molecule has 0 aliphatic heterocycles. The zero-order valence-electron chi connectivity index (χ0n) is 11.9. The summed E-state index contributed by atoms with van der Waals surface area (Å²) in [4.78, 5) is 12.1. The van der Waals surface area contributed by atoms with Gasteiger partial charge in [-0.1, -0.05) is 0 Å². The highest BCUT2D eigenvalue weighted by molar-refractivity contribution is 7.07. The molecule has 0 saturated carbocycles. The van der Waals surface area contributed by atoms with Gasteiger partial charge in [-0.3, -0.25) is 0 Å². The minimum atomic E-state index is -0.469. The van der Waals surface area contributed by atoms with E-state index in [2.05, 4.69) is 0 Å². The maximum Gasteiger partial charge on any atom is 0.340 e. The van der Waals surface area contributed by atoms with Crippen LogP contribution in [0.3, 0.4) is 0 Å². The molecule has 0 spiro atoms. The molecule has 1 aromatic carbocycles. The normalized spacial score (nSPS) is 10.2. The van der Waals surface area contributed by atoms with E-state index in [-0.39, 0.29) is 5.56 Å². The lowest BCUT2D eigenvalue weighted by Crippen LogP contribution is -2.11. The Morgan fingerprint density at radius 1 is 1.24 bits per heavy atom. The van der Waals surface area contributed by atoms with Crippen molar-refractivity contribution in [2.75, 3.05) is 26.6 Å². The third kappa shape index (κ3) is 3.66. The van der Waals surface area contributed by atoms with Gasteiger partial charge in [-0.15, -0.1) is 0 Å². The van der Waals surface area contributed by atoms with E-state index in [4.69, 9.17) is 19.9 Å². The van der Waals surface area contributed by atoms with Crippen LogP contribution in [0.2, 0.25) is 0 Å². The van der Waals surface area contributed by atoms with Crippen LogP contribution in [-0.4, -0.2) is 26.8 Å². The Bertz CT molecular complexity index is 610. The quantitative estimate of drug-likeness (QED) is 0.656. The van der Waals surface area contributed by atoms with E-state index in [1.807, 2.05) is 16.8 Å². The zero-order valence-corrected chi connectivity index (χ0v) is 12.7. The molecule has 0 bridgehead atoms. The summed E-state index contributed by atoms with van der Waals surface area (Å²) < 4.78 is 15.5. The highest BCUT2D eigenvalue weighted by atomic mass is 32.1. The molecule has 0 radical (unpaired) electrons. The van der Waals surface area contributed by atoms with Crippen molar-refractivity contribution in [2.24, 2.45) is 0 Å². The maximum atomic E-state index is 12.1. The van der Waals surface area contributed by atoms with Crippen LogP contribution in [0.1, 0.15) is 15.9 Å². The summed E-state index contributed by atoms with van der Waals surface area (Å²) in [6.45, 7) is 0.309. The first-order chi connectivity index (χ1) is 10.2. The van der Waals surface area contributed by atoms with Crippen molar-refractivity contribution >= 4 is 23.0 Å². The number of carbonyl (C=O) groups is 1. The molecular weight excluding hydrogens is 290 g/mol. The summed E-state index contributed by atoms with van der Waals surface area (Å²) in [5.41, 5.74) is 7.57. The van der Waals surface area contributed by atoms with Crippen LogP contribution in [-0.2, 0) is 11.2 Å². The number of hydrogen-bond donors (Lipinski definition) is 1. The molecule has 6 heteroatoms. The van der Waals surface area contributed by atoms with Crippen molar-refractivity contribution in [3.8, 4) is 11.5 Å². The van der Waals surface area contributed by atoms with Crippen LogP contribution < -0.4 is 15.2 Å². The van der Waals surface area contributed by atoms with Gasteiger partial charge in [-0.05, 0) is 22.4 Å². The zero-order chi connectivity index (χ0) is 15.2. The Kier molecular flexibility index (Phi) is 5.05. The topological polar surface area (TPSA) is 70.8 Å². The van der Waals surface area contributed by atoms with Gasteiger partial charge in [-0.25, -0.2) is 4.79 Å². The molecule has 1 heterocycles. The van der Waals surface area contributed by atoms with Crippen LogP contribution in [0.15, 0.2) is 29.0 Å². The fourth-order valence-corrected chi connectivity index (χ4v) is 2.55. The van der Waals surface area contributed by atoms with E-state index in [0.717, 1.165) is 5.56 Å². The Labute approximate surface area is 127 Å². The second-order valence-corrected chi connectivity index (χ2v) is 5.09. The monoisotopic (exact) mass is 307 g/mol. The van der Waals surface area contributed by atoms with Gasteiger partial charge in [0.1, 0.15) is 0 Å². The lowest BCUT2D eigenvalue weighted by molar-refractivity contribution is 0.0510. The Morgan fingerprint density at radius 3 is 2.57 bits per heavy atom. The summed E-state index contributed by atoms with van der Waals surface area (Å²) in [6.07, 6.45) is 0.683. The van der Waals surface area contributed by atoms with E-state index in [9.17, 15) is 4.79 Å². The van der Waals surface area contributed by atoms with Crippen molar-refractivity contribution in [2.45, 2.75) is 6.42 Å². The fourth-order valence-electron chi connectivity index (χ4n) is 1.85. The number of nitrogen functional groups attached to an aromatic ring is 1. The van der Waals surface area contributed by atoms with Gasteiger partial charge in [-0.2, -0.15) is 11.3 Å². The molecule has 5 nitrogen and oxygen atoms in total. The first-order valence-electron chi connectivity index (χ1n) is 6.35. The summed E-state index contributed by atoms with van der Waals surface area (Å²) >= 11 is 1.62. The van der Waals surface area contributed by atoms with E-state index < -0.39 is 5.97 Å². The minimum absolute atomic E-state index is 0.276. The number of hydrogen-bond acceptors (Lipinski definition) is 6. The largest absolute Gasteiger partial charge is 0.493 e. The van der Waals surface area contributed by atoms with Crippen LogP contribution in [0, 0.1) is 0 Å². The molecule has 112 valence electrons.